The lowest BCUT2D eigenvalue weighted by molar-refractivity contribution is -0.875. The van der Waals surface area contributed by atoms with Gasteiger partial charge in [-0.15, -0.1) is 0 Å². The number of aliphatic hydroxyl groups is 2. The number of unbranched alkanes of at least 4 members (excludes halogenated alkanes) is 6. The number of likely N-dealkylation sites (N-methyl/N-ethyl adjacent to an activating group) is 1. The largest absolute Gasteiger partial charge is 0.550 e. The van der Waals surface area contributed by atoms with Crippen molar-refractivity contribution in [3.63, 3.8) is 0 Å². The highest BCUT2D eigenvalue weighted by Gasteiger charge is 2.40. The topological polar surface area (TPSA) is 97.7 Å². The molecule has 0 spiro atoms. The van der Waals surface area contributed by atoms with Gasteiger partial charge in [0.2, 0.25) is 0 Å². The Morgan fingerprint density at radius 3 is 1.87 bits per heavy atom. The van der Waals surface area contributed by atoms with Crippen LogP contribution in [-0.2, 0) is 9.59 Å². The number of hydrogen-bond donors (Lipinski definition) is 2. The Balaban J connectivity index is 4.22. The van der Waals surface area contributed by atoms with Gasteiger partial charge < -0.3 is 24.6 Å². The Morgan fingerprint density at radius 1 is 0.957 bits per heavy atom. The molecule has 1 atom stereocenters. The molecule has 0 aliphatic carbocycles. The minimum Gasteiger partial charge on any atom is -0.550 e. The standard InChI is InChI=1S/C17H33NO5/c1-18(2,3)14-17(23,13-16(21)22)15(20)11-9-7-5-4-6-8-10-12-19/h19,23H,4-14H2,1-3H3. The normalized spacial score (nSPS) is 14.5. The number of ketones is 1. The smallest absolute Gasteiger partial charge is 0.177 e. The van der Waals surface area contributed by atoms with Gasteiger partial charge in [-0.2, -0.15) is 0 Å². The molecule has 0 aromatic heterocycles. The number of quaternary nitrogens is 1. The van der Waals surface area contributed by atoms with Gasteiger partial charge >= 0.3 is 0 Å². The molecule has 0 aromatic carbocycles. The van der Waals surface area contributed by atoms with Crippen LogP contribution in [0.1, 0.15) is 57.8 Å². The summed E-state index contributed by atoms with van der Waals surface area (Å²) in [6.07, 6.45) is 6.09. The second kappa shape index (κ2) is 10.7. The average Bonchev–Trinajstić information content (AvgIpc) is 2.38. The zero-order valence-corrected chi connectivity index (χ0v) is 14.8. The molecule has 0 bridgehead atoms. The number of carboxylic acid groups (broad SMARTS) is 1. The van der Waals surface area contributed by atoms with Crippen molar-refractivity contribution >= 4 is 11.8 Å². The maximum atomic E-state index is 12.3. The fourth-order valence-corrected chi connectivity index (χ4v) is 2.78. The van der Waals surface area contributed by atoms with Crippen LogP contribution in [0.4, 0.5) is 0 Å². The Bertz CT molecular complexity index is 364. The molecular formula is C17H33NO5. The summed E-state index contributed by atoms with van der Waals surface area (Å²) in [7, 11) is 5.42. The van der Waals surface area contributed by atoms with Crippen LogP contribution >= 0.6 is 0 Å². The van der Waals surface area contributed by atoms with E-state index in [2.05, 4.69) is 0 Å². The van der Waals surface area contributed by atoms with Crippen LogP contribution in [0.3, 0.4) is 0 Å². The van der Waals surface area contributed by atoms with Crippen molar-refractivity contribution in [2.75, 3.05) is 34.3 Å². The van der Waals surface area contributed by atoms with Crippen LogP contribution in [0.15, 0.2) is 0 Å². The quantitative estimate of drug-likeness (QED) is 0.351. The second-order valence-electron chi connectivity index (χ2n) is 7.40. The van der Waals surface area contributed by atoms with E-state index >= 15 is 0 Å². The number of aliphatic hydroxyl groups excluding tert-OH is 1. The Morgan fingerprint density at radius 2 is 1.43 bits per heavy atom. The van der Waals surface area contributed by atoms with Gasteiger partial charge in [-0.05, 0) is 12.8 Å². The van der Waals surface area contributed by atoms with Gasteiger partial charge in [0.1, 0.15) is 6.54 Å². The lowest BCUT2D eigenvalue weighted by atomic mass is 9.89. The molecular weight excluding hydrogens is 298 g/mol. The van der Waals surface area contributed by atoms with Gasteiger partial charge in [0, 0.05) is 25.4 Å². The van der Waals surface area contributed by atoms with Crippen molar-refractivity contribution < 1.29 is 29.4 Å². The Kier molecular flexibility index (Phi) is 10.3. The highest BCUT2D eigenvalue weighted by atomic mass is 16.4. The summed E-state index contributed by atoms with van der Waals surface area (Å²) in [5.41, 5.74) is -1.85. The first-order valence-corrected chi connectivity index (χ1v) is 8.47. The van der Waals surface area contributed by atoms with E-state index in [-0.39, 0.29) is 19.6 Å². The Labute approximate surface area is 139 Å². The van der Waals surface area contributed by atoms with E-state index < -0.39 is 23.8 Å². The van der Waals surface area contributed by atoms with Crippen molar-refractivity contribution in [3.05, 3.63) is 0 Å². The van der Waals surface area contributed by atoms with Gasteiger partial charge in [-0.1, -0.05) is 32.1 Å². The number of nitrogens with zero attached hydrogens (tertiary/aromatic N) is 1. The monoisotopic (exact) mass is 331 g/mol. The van der Waals surface area contributed by atoms with Crippen LogP contribution in [0.25, 0.3) is 0 Å². The summed E-state index contributed by atoms with van der Waals surface area (Å²) in [4.78, 5) is 23.1. The van der Waals surface area contributed by atoms with Crippen LogP contribution < -0.4 is 5.11 Å². The maximum Gasteiger partial charge on any atom is 0.177 e. The predicted octanol–water partition coefficient (Wildman–Crippen LogP) is 0.246. The molecule has 6 nitrogen and oxygen atoms in total. The molecule has 0 heterocycles. The fraction of sp³-hybridized carbons (Fsp3) is 0.882. The molecule has 0 aliphatic heterocycles. The first-order valence-electron chi connectivity index (χ1n) is 8.47. The Hall–Kier alpha value is -0.980. The molecule has 0 saturated carbocycles. The molecule has 1 unspecified atom stereocenters. The van der Waals surface area contributed by atoms with E-state index in [0.717, 1.165) is 38.5 Å². The lowest BCUT2D eigenvalue weighted by Crippen LogP contribution is -2.56. The molecule has 0 fully saturated rings. The number of carbonyl (C=O) groups excluding carboxylic acids is 2. The van der Waals surface area contributed by atoms with Gasteiger partial charge in [-0.25, -0.2) is 0 Å². The molecule has 0 saturated heterocycles. The second-order valence-corrected chi connectivity index (χ2v) is 7.40. The van der Waals surface area contributed by atoms with Crippen molar-refractivity contribution in [3.8, 4) is 0 Å². The molecule has 0 radical (unpaired) electrons. The summed E-state index contributed by atoms with van der Waals surface area (Å²) in [5.74, 6) is -1.81. The SMILES string of the molecule is C[N+](C)(C)CC(O)(CC(=O)[O-])C(=O)CCCCCCCCCO. The minimum absolute atomic E-state index is 0.0565. The highest BCUT2D eigenvalue weighted by molar-refractivity contribution is 5.90. The van der Waals surface area contributed by atoms with Crippen molar-refractivity contribution in [2.24, 2.45) is 0 Å². The zero-order valence-electron chi connectivity index (χ0n) is 14.8. The number of carboxylic acids is 1. The van der Waals surface area contributed by atoms with Crippen molar-refractivity contribution in [2.45, 2.75) is 63.4 Å². The van der Waals surface area contributed by atoms with Crippen LogP contribution in [-0.4, -0.2) is 66.3 Å². The predicted molar refractivity (Wildman–Crippen MR) is 86.5 cm³/mol. The molecule has 2 N–H and O–H groups in total. The molecule has 6 heteroatoms. The molecule has 0 aliphatic rings. The van der Waals surface area contributed by atoms with Crippen molar-refractivity contribution in [1.29, 1.82) is 0 Å². The summed E-state index contributed by atoms with van der Waals surface area (Å²) >= 11 is 0. The number of hydrogen-bond acceptors (Lipinski definition) is 5. The van der Waals surface area contributed by atoms with Crippen molar-refractivity contribution in [1.82, 2.24) is 0 Å². The van der Waals surface area contributed by atoms with Gasteiger partial charge in [0.15, 0.2) is 11.4 Å². The van der Waals surface area contributed by atoms with Crippen LogP contribution in [0.5, 0.6) is 0 Å². The molecule has 0 rings (SSSR count). The van der Waals surface area contributed by atoms with E-state index in [4.69, 9.17) is 5.11 Å². The van der Waals surface area contributed by atoms with E-state index in [1.54, 1.807) is 21.1 Å². The third kappa shape index (κ3) is 11.2. The van der Waals surface area contributed by atoms with E-state index in [0.29, 0.717) is 10.9 Å². The number of Topliss-reactive ketones (excluding diaryl/α,β-unsaturated/α-hetero) is 1. The minimum atomic E-state index is -1.85. The number of aliphatic carboxylic acids is 1. The van der Waals surface area contributed by atoms with Crippen LogP contribution in [0.2, 0.25) is 0 Å². The van der Waals surface area contributed by atoms with Crippen LogP contribution in [0, 0.1) is 0 Å². The van der Waals surface area contributed by atoms with E-state index in [1.807, 2.05) is 0 Å². The lowest BCUT2D eigenvalue weighted by Gasteiger charge is -2.34. The van der Waals surface area contributed by atoms with Gasteiger partial charge in [0.25, 0.3) is 0 Å². The summed E-state index contributed by atoms with van der Waals surface area (Å²) in [6.45, 7) is 0.290. The first kappa shape index (κ1) is 22.0. The first-order chi connectivity index (χ1) is 10.6. The molecule has 0 aromatic rings. The number of carbonyl (C=O) groups is 2. The average molecular weight is 331 g/mol. The third-order valence-corrected chi connectivity index (χ3v) is 3.75. The third-order valence-electron chi connectivity index (χ3n) is 3.75. The molecule has 136 valence electrons. The van der Waals surface area contributed by atoms with Gasteiger partial charge in [0.05, 0.1) is 21.1 Å². The van der Waals surface area contributed by atoms with Gasteiger partial charge in [-0.3, -0.25) is 4.79 Å². The molecule has 23 heavy (non-hydrogen) atoms. The number of rotatable bonds is 14. The molecule has 0 amide bonds. The maximum absolute atomic E-state index is 12.3. The van der Waals surface area contributed by atoms with E-state index in [1.165, 1.54) is 0 Å². The summed E-state index contributed by atoms with van der Waals surface area (Å²) in [6, 6.07) is 0. The van der Waals surface area contributed by atoms with E-state index in [9.17, 15) is 19.8 Å². The summed E-state index contributed by atoms with van der Waals surface area (Å²) in [5, 5.41) is 30.0. The summed E-state index contributed by atoms with van der Waals surface area (Å²) < 4.78 is 0.306. The highest BCUT2D eigenvalue weighted by Crippen LogP contribution is 2.19. The zero-order chi connectivity index (χ0) is 17.9. The fourth-order valence-electron chi connectivity index (χ4n) is 2.78.